The summed E-state index contributed by atoms with van der Waals surface area (Å²) in [6.45, 7) is 2.31. The zero-order chi connectivity index (χ0) is 14.1. The van der Waals surface area contributed by atoms with Crippen LogP contribution in [-0.4, -0.2) is 10.1 Å². The summed E-state index contributed by atoms with van der Waals surface area (Å²) in [5.74, 6) is 2.63. The van der Waals surface area contributed by atoms with Crippen LogP contribution < -0.4 is 5.73 Å². The Kier molecular flexibility index (Phi) is 3.78. The third-order valence-electron chi connectivity index (χ3n) is 4.04. The molecule has 5 heteroatoms. The molecule has 0 atom stereocenters. The van der Waals surface area contributed by atoms with E-state index in [1.807, 2.05) is 18.2 Å². The fourth-order valence-corrected chi connectivity index (χ4v) is 3.15. The van der Waals surface area contributed by atoms with Gasteiger partial charge in [0.25, 0.3) is 5.89 Å². The second kappa shape index (κ2) is 5.56. The van der Waals surface area contributed by atoms with Gasteiger partial charge < -0.3 is 10.3 Å². The van der Waals surface area contributed by atoms with Crippen LogP contribution in [0.1, 0.15) is 44.3 Å². The first kappa shape index (κ1) is 13.6. The normalized spacial score (nSPS) is 22.9. The number of benzene rings is 1. The lowest BCUT2D eigenvalue weighted by molar-refractivity contribution is 0.329. The van der Waals surface area contributed by atoms with Crippen LogP contribution in [0.3, 0.4) is 0 Å². The van der Waals surface area contributed by atoms with E-state index in [1.54, 1.807) is 0 Å². The van der Waals surface area contributed by atoms with Crippen molar-refractivity contribution in [3.8, 4) is 11.5 Å². The Bertz CT molecular complexity index is 603. The van der Waals surface area contributed by atoms with E-state index in [-0.39, 0.29) is 0 Å². The third kappa shape index (κ3) is 2.73. The lowest BCUT2D eigenvalue weighted by atomic mass is 9.83. The molecule has 1 heterocycles. The molecular formula is C15H18BrN3O. The quantitative estimate of drug-likeness (QED) is 0.827. The number of rotatable bonds is 2. The highest BCUT2D eigenvalue weighted by Crippen LogP contribution is 2.36. The summed E-state index contributed by atoms with van der Waals surface area (Å²) in [5, 5.41) is 4.16. The molecule has 1 aliphatic rings. The highest BCUT2D eigenvalue weighted by molar-refractivity contribution is 9.10. The minimum Gasteiger partial charge on any atom is -0.399 e. The van der Waals surface area contributed by atoms with Crippen molar-refractivity contribution in [2.24, 2.45) is 5.92 Å². The van der Waals surface area contributed by atoms with Gasteiger partial charge in [0.15, 0.2) is 5.82 Å². The van der Waals surface area contributed by atoms with E-state index in [0.29, 0.717) is 17.5 Å². The summed E-state index contributed by atoms with van der Waals surface area (Å²) in [6, 6.07) is 5.59. The average molecular weight is 336 g/mol. The first-order valence-electron chi connectivity index (χ1n) is 7.02. The molecule has 1 saturated carbocycles. The van der Waals surface area contributed by atoms with E-state index >= 15 is 0 Å². The number of hydrogen-bond acceptors (Lipinski definition) is 4. The molecule has 1 aliphatic carbocycles. The van der Waals surface area contributed by atoms with Crippen molar-refractivity contribution in [2.75, 3.05) is 5.73 Å². The average Bonchev–Trinajstić information content (AvgIpc) is 2.92. The van der Waals surface area contributed by atoms with Crippen molar-refractivity contribution >= 4 is 21.6 Å². The van der Waals surface area contributed by atoms with E-state index in [2.05, 4.69) is 33.0 Å². The molecule has 106 valence electrons. The molecule has 0 amide bonds. The minimum atomic E-state index is 0.434. The van der Waals surface area contributed by atoms with Crippen LogP contribution in [0.4, 0.5) is 5.69 Å². The Balaban J connectivity index is 1.85. The van der Waals surface area contributed by atoms with Gasteiger partial charge in [-0.1, -0.05) is 24.9 Å². The van der Waals surface area contributed by atoms with Crippen molar-refractivity contribution in [3.63, 3.8) is 0 Å². The SMILES string of the molecule is CC1CCC(c2noc(-c3cc(N)ccc3Br)n2)CC1. The van der Waals surface area contributed by atoms with Crippen molar-refractivity contribution in [1.82, 2.24) is 10.1 Å². The monoisotopic (exact) mass is 335 g/mol. The summed E-state index contributed by atoms with van der Waals surface area (Å²) >= 11 is 3.50. The molecule has 0 saturated heterocycles. The summed E-state index contributed by atoms with van der Waals surface area (Å²) in [6.07, 6.45) is 4.80. The Morgan fingerprint density at radius 2 is 2.00 bits per heavy atom. The number of nitrogen functional groups attached to an aromatic ring is 1. The van der Waals surface area contributed by atoms with Gasteiger partial charge in [0.1, 0.15) is 0 Å². The van der Waals surface area contributed by atoms with Crippen molar-refractivity contribution in [2.45, 2.75) is 38.5 Å². The lowest BCUT2D eigenvalue weighted by Crippen LogP contribution is -2.11. The molecule has 3 rings (SSSR count). The van der Waals surface area contributed by atoms with Crippen LogP contribution in [0.25, 0.3) is 11.5 Å². The van der Waals surface area contributed by atoms with Gasteiger partial charge in [0.2, 0.25) is 0 Å². The molecule has 0 aliphatic heterocycles. The molecule has 0 spiro atoms. The standard InChI is InChI=1S/C15H18BrN3O/c1-9-2-4-10(5-3-9)14-18-15(20-19-14)12-8-11(17)6-7-13(12)16/h6-10H,2-5,17H2,1H3. The molecule has 1 fully saturated rings. The van der Waals surface area contributed by atoms with Crippen molar-refractivity contribution in [1.29, 1.82) is 0 Å². The van der Waals surface area contributed by atoms with Crippen molar-refractivity contribution < 1.29 is 4.52 Å². The molecule has 0 bridgehead atoms. The van der Waals surface area contributed by atoms with Crippen LogP contribution in [0.2, 0.25) is 0 Å². The fraction of sp³-hybridized carbons (Fsp3) is 0.467. The van der Waals surface area contributed by atoms with Gasteiger partial charge in [-0.3, -0.25) is 0 Å². The third-order valence-corrected chi connectivity index (χ3v) is 4.74. The number of hydrogen-bond donors (Lipinski definition) is 1. The molecule has 4 nitrogen and oxygen atoms in total. The Hall–Kier alpha value is -1.36. The second-order valence-electron chi connectivity index (χ2n) is 5.65. The maximum Gasteiger partial charge on any atom is 0.259 e. The van der Waals surface area contributed by atoms with Crippen LogP contribution in [0, 0.1) is 5.92 Å². The van der Waals surface area contributed by atoms with E-state index in [0.717, 1.165) is 34.6 Å². The molecule has 0 unspecified atom stereocenters. The fourth-order valence-electron chi connectivity index (χ4n) is 2.74. The lowest BCUT2D eigenvalue weighted by Gasteiger charge is -2.23. The maximum absolute atomic E-state index is 5.82. The van der Waals surface area contributed by atoms with Gasteiger partial charge in [-0.25, -0.2) is 0 Å². The van der Waals surface area contributed by atoms with Gasteiger partial charge in [-0.05, 0) is 52.9 Å². The molecular weight excluding hydrogens is 318 g/mol. The number of anilines is 1. The van der Waals surface area contributed by atoms with E-state index in [9.17, 15) is 0 Å². The van der Waals surface area contributed by atoms with Crippen LogP contribution in [0.15, 0.2) is 27.2 Å². The highest BCUT2D eigenvalue weighted by Gasteiger charge is 2.24. The van der Waals surface area contributed by atoms with E-state index in [1.165, 1.54) is 12.8 Å². The summed E-state index contributed by atoms with van der Waals surface area (Å²) in [7, 11) is 0. The second-order valence-corrected chi connectivity index (χ2v) is 6.51. The Morgan fingerprint density at radius 1 is 1.25 bits per heavy atom. The summed E-state index contributed by atoms with van der Waals surface area (Å²) < 4.78 is 6.34. The van der Waals surface area contributed by atoms with Crippen LogP contribution in [-0.2, 0) is 0 Å². The zero-order valence-corrected chi connectivity index (χ0v) is 13.1. The number of nitrogens with two attached hydrogens (primary N) is 1. The van der Waals surface area contributed by atoms with Gasteiger partial charge in [-0.15, -0.1) is 0 Å². The van der Waals surface area contributed by atoms with Gasteiger partial charge in [0, 0.05) is 16.1 Å². The van der Waals surface area contributed by atoms with Gasteiger partial charge >= 0.3 is 0 Å². The molecule has 2 aromatic rings. The maximum atomic E-state index is 5.82. The zero-order valence-electron chi connectivity index (χ0n) is 11.5. The predicted molar refractivity (Wildman–Crippen MR) is 82.2 cm³/mol. The first-order valence-corrected chi connectivity index (χ1v) is 7.82. The largest absolute Gasteiger partial charge is 0.399 e. The topological polar surface area (TPSA) is 64.9 Å². The Labute approximate surface area is 126 Å². The highest BCUT2D eigenvalue weighted by atomic mass is 79.9. The number of aromatic nitrogens is 2. The minimum absolute atomic E-state index is 0.434. The smallest absolute Gasteiger partial charge is 0.259 e. The van der Waals surface area contributed by atoms with Gasteiger partial charge in [0.05, 0.1) is 5.56 Å². The molecule has 1 aromatic heterocycles. The van der Waals surface area contributed by atoms with Crippen molar-refractivity contribution in [3.05, 3.63) is 28.5 Å². The summed E-state index contributed by atoms with van der Waals surface area (Å²) in [4.78, 5) is 4.57. The van der Waals surface area contributed by atoms with Crippen LogP contribution in [0.5, 0.6) is 0 Å². The molecule has 1 aromatic carbocycles. The first-order chi connectivity index (χ1) is 9.63. The predicted octanol–water partition coefficient (Wildman–Crippen LogP) is 4.38. The molecule has 20 heavy (non-hydrogen) atoms. The molecule has 2 N–H and O–H groups in total. The van der Waals surface area contributed by atoms with Crippen LogP contribution >= 0.6 is 15.9 Å². The number of nitrogens with zero attached hydrogens (tertiary/aromatic N) is 2. The van der Waals surface area contributed by atoms with E-state index in [4.69, 9.17) is 10.3 Å². The van der Waals surface area contributed by atoms with E-state index < -0.39 is 0 Å². The molecule has 0 radical (unpaired) electrons. The summed E-state index contributed by atoms with van der Waals surface area (Å²) in [5.41, 5.74) is 7.36. The number of halogens is 1. The Morgan fingerprint density at radius 3 is 2.75 bits per heavy atom. The van der Waals surface area contributed by atoms with Gasteiger partial charge in [-0.2, -0.15) is 4.98 Å².